The highest BCUT2D eigenvalue weighted by molar-refractivity contribution is 6.09. The van der Waals surface area contributed by atoms with Gasteiger partial charge in [0.15, 0.2) is 0 Å². The number of rotatable bonds is 3. The minimum absolute atomic E-state index is 0.338. The number of nitrogens with zero attached hydrogens (tertiary/aromatic N) is 3. The van der Waals surface area contributed by atoms with Crippen molar-refractivity contribution in [1.82, 2.24) is 9.38 Å². The third kappa shape index (κ3) is 2.29. The van der Waals surface area contributed by atoms with Crippen LogP contribution in [0.4, 0.5) is 4.39 Å². The van der Waals surface area contributed by atoms with Crippen LogP contribution in [0.1, 0.15) is 29.8 Å². The molecule has 0 aromatic carbocycles. The van der Waals surface area contributed by atoms with Crippen LogP contribution >= 0.6 is 0 Å². The van der Waals surface area contributed by atoms with Gasteiger partial charge in [-0.3, -0.25) is 4.99 Å². The molecule has 0 atom stereocenters. The van der Waals surface area contributed by atoms with Gasteiger partial charge in [0.2, 0.25) is 0 Å². The topological polar surface area (TPSA) is 64.9 Å². The summed E-state index contributed by atoms with van der Waals surface area (Å²) in [5.41, 5.74) is 9.26. The molecule has 0 unspecified atom stereocenters. The Balaban J connectivity index is 1.81. The highest BCUT2D eigenvalue weighted by Crippen LogP contribution is 2.26. The summed E-state index contributed by atoms with van der Waals surface area (Å²) in [6, 6.07) is 1.82. The monoisotopic (exact) mass is 300 g/mol. The summed E-state index contributed by atoms with van der Waals surface area (Å²) in [5, 5.41) is 0. The zero-order chi connectivity index (χ0) is 15.1. The maximum atomic E-state index is 14.4. The first kappa shape index (κ1) is 13.5. The van der Waals surface area contributed by atoms with Gasteiger partial charge in [-0.1, -0.05) is 0 Å². The number of hydrogen-bond acceptors (Lipinski definition) is 4. The normalized spacial score (nSPS) is 19.0. The van der Waals surface area contributed by atoms with Crippen LogP contribution in [-0.2, 0) is 17.8 Å². The van der Waals surface area contributed by atoms with Gasteiger partial charge < -0.3 is 14.9 Å². The van der Waals surface area contributed by atoms with E-state index in [0.717, 1.165) is 30.7 Å². The van der Waals surface area contributed by atoms with Crippen LogP contribution in [0.25, 0.3) is 11.2 Å². The van der Waals surface area contributed by atoms with E-state index in [0.29, 0.717) is 36.0 Å². The van der Waals surface area contributed by atoms with Gasteiger partial charge in [-0.05, 0) is 12.8 Å². The molecule has 0 amide bonds. The SMILES string of the molecule is NC=C(C=NC1CC1)c1cn2c3c(nc2cc1F)CCOC3. The number of fused-ring (bicyclic) bond motifs is 3. The van der Waals surface area contributed by atoms with Crippen molar-refractivity contribution in [3.63, 3.8) is 0 Å². The van der Waals surface area contributed by atoms with Crippen molar-refractivity contribution >= 4 is 17.4 Å². The highest BCUT2D eigenvalue weighted by Gasteiger charge is 2.21. The number of hydrogen-bond donors (Lipinski definition) is 1. The second-order valence-electron chi connectivity index (χ2n) is 5.70. The molecule has 22 heavy (non-hydrogen) atoms. The third-order valence-corrected chi connectivity index (χ3v) is 4.08. The Hall–Kier alpha value is -2.21. The fraction of sp³-hybridized carbons (Fsp3) is 0.375. The maximum absolute atomic E-state index is 14.4. The Bertz CT molecular complexity index is 789. The zero-order valence-corrected chi connectivity index (χ0v) is 12.1. The molecule has 1 fully saturated rings. The first-order valence-electron chi connectivity index (χ1n) is 7.49. The molecule has 3 heterocycles. The van der Waals surface area contributed by atoms with E-state index in [1.807, 2.05) is 4.40 Å². The first-order chi connectivity index (χ1) is 10.8. The van der Waals surface area contributed by atoms with E-state index in [4.69, 9.17) is 10.5 Å². The predicted octanol–water partition coefficient (Wildman–Crippen LogP) is 2.08. The maximum Gasteiger partial charge on any atom is 0.140 e. The van der Waals surface area contributed by atoms with Crippen molar-refractivity contribution < 1.29 is 9.13 Å². The molecule has 5 nitrogen and oxygen atoms in total. The quantitative estimate of drug-likeness (QED) is 0.883. The second-order valence-corrected chi connectivity index (χ2v) is 5.70. The van der Waals surface area contributed by atoms with Crippen LogP contribution in [0.2, 0.25) is 0 Å². The van der Waals surface area contributed by atoms with Crippen LogP contribution in [0.3, 0.4) is 0 Å². The van der Waals surface area contributed by atoms with Crippen molar-refractivity contribution in [1.29, 1.82) is 0 Å². The lowest BCUT2D eigenvalue weighted by molar-refractivity contribution is 0.106. The average Bonchev–Trinajstić information content (AvgIpc) is 3.28. The van der Waals surface area contributed by atoms with E-state index in [-0.39, 0.29) is 5.82 Å². The largest absolute Gasteiger partial charge is 0.404 e. The van der Waals surface area contributed by atoms with Gasteiger partial charge >= 0.3 is 0 Å². The lowest BCUT2D eigenvalue weighted by atomic mass is 10.1. The molecular weight excluding hydrogens is 283 g/mol. The predicted molar refractivity (Wildman–Crippen MR) is 82.2 cm³/mol. The third-order valence-electron chi connectivity index (χ3n) is 4.08. The number of aromatic nitrogens is 2. The van der Waals surface area contributed by atoms with Gasteiger partial charge in [-0.15, -0.1) is 0 Å². The molecule has 1 saturated carbocycles. The molecule has 114 valence electrons. The molecule has 0 spiro atoms. The fourth-order valence-corrected chi connectivity index (χ4v) is 2.68. The summed E-state index contributed by atoms with van der Waals surface area (Å²) >= 11 is 0. The number of ether oxygens (including phenoxy) is 1. The summed E-state index contributed by atoms with van der Waals surface area (Å²) < 4.78 is 21.8. The van der Waals surface area contributed by atoms with E-state index in [1.54, 1.807) is 12.4 Å². The van der Waals surface area contributed by atoms with Gasteiger partial charge in [-0.25, -0.2) is 9.37 Å². The Morgan fingerprint density at radius 1 is 1.50 bits per heavy atom. The number of allylic oxidation sites excluding steroid dienone is 1. The minimum Gasteiger partial charge on any atom is -0.404 e. The average molecular weight is 300 g/mol. The van der Waals surface area contributed by atoms with Crippen molar-refractivity contribution in [3.8, 4) is 0 Å². The summed E-state index contributed by atoms with van der Waals surface area (Å²) in [4.78, 5) is 8.87. The molecule has 2 aliphatic rings. The van der Waals surface area contributed by atoms with Gasteiger partial charge in [0.1, 0.15) is 11.5 Å². The van der Waals surface area contributed by atoms with Crippen LogP contribution in [0.15, 0.2) is 23.5 Å². The number of nitrogens with two attached hydrogens (primary N) is 1. The Kier molecular flexibility index (Phi) is 3.18. The van der Waals surface area contributed by atoms with E-state index in [9.17, 15) is 4.39 Å². The summed E-state index contributed by atoms with van der Waals surface area (Å²) in [5.74, 6) is -0.338. The van der Waals surface area contributed by atoms with Crippen molar-refractivity contribution in [2.75, 3.05) is 6.61 Å². The number of halogens is 1. The van der Waals surface area contributed by atoms with Crippen molar-refractivity contribution in [2.45, 2.75) is 31.9 Å². The van der Waals surface area contributed by atoms with Gasteiger partial charge in [0.05, 0.1) is 30.6 Å². The molecule has 0 radical (unpaired) electrons. The lowest BCUT2D eigenvalue weighted by Crippen LogP contribution is -2.11. The molecule has 1 aliphatic heterocycles. The fourth-order valence-electron chi connectivity index (χ4n) is 2.68. The molecular formula is C16H17FN4O. The second kappa shape index (κ2) is 5.21. The molecule has 0 bridgehead atoms. The molecule has 6 heteroatoms. The van der Waals surface area contributed by atoms with E-state index >= 15 is 0 Å². The van der Waals surface area contributed by atoms with Crippen molar-refractivity contribution in [3.05, 3.63) is 41.2 Å². The molecule has 2 N–H and O–H groups in total. The van der Waals surface area contributed by atoms with Crippen molar-refractivity contribution in [2.24, 2.45) is 10.7 Å². The minimum atomic E-state index is -0.338. The van der Waals surface area contributed by atoms with E-state index in [2.05, 4.69) is 9.98 Å². The number of pyridine rings is 1. The molecule has 1 aliphatic carbocycles. The van der Waals surface area contributed by atoms with E-state index < -0.39 is 0 Å². The summed E-state index contributed by atoms with van der Waals surface area (Å²) in [7, 11) is 0. The lowest BCUT2D eigenvalue weighted by Gasteiger charge is -2.12. The molecule has 4 rings (SSSR count). The summed E-state index contributed by atoms with van der Waals surface area (Å²) in [6.45, 7) is 1.16. The smallest absolute Gasteiger partial charge is 0.140 e. The van der Waals surface area contributed by atoms with Gasteiger partial charge in [0.25, 0.3) is 0 Å². The Labute approximate surface area is 127 Å². The van der Waals surface area contributed by atoms with Crippen LogP contribution in [0.5, 0.6) is 0 Å². The Morgan fingerprint density at radius 3 is 3.14 bits per heavy atom. The zero-order valence-electron chi connectivity index (χ0n) is 12.1. The molecule has 2 aromatic heterocycles. The van der Waals surface area contributed by atoms with Crippen LogP contribution in [0, 0.1) is 5.82 Å². The highest BCUT2D eigenvalue weighted by atomic mass is 19.1. The van der Waals surface area contributed by atoms with E-state index in [1.165, 1.54) is 12.3 Å². The summed E-state index contributed by atoms with van der Waals surface area (Å²) in [6.07, 6.45) is 7.77. The molecule has 2 aromatic rings. The standard InChI is InChI=1S/C16H17FN4O/c17-13-5-16-20-14-3-4-22-9-15(14)21(16)8-12(13)10(6-18)7-19-11-1-2-11/h5-8,11H,1-4,9,18H2. The number of aliphatic imine (C=N–C) groups is 1. The Morgan fingerprint density at radius 2 is 2.36 bits per heavy atom. The van der Waals surface area contributed by atoms with Gasteiger partial charge in [0, 0.05) is 42.2 Å². The van der Waals surface area contributed by atoms with Crippen LogP contribution < -0.4 is 5.73 Å². The van der Waals surface area contributed by atoms with Gasteiger partial charge in [-0.2, -0.15) is 0 Å². The first-order valence-corrected chi connectivity index (χ1v) is 7.49. The molecule has 0 saturated heterocycles. The van der Waals surface area contributed by atoms with Crippen LogP contribution in [-0.4, -0.2) is 28.2 Å². The number of imidazole rings is 1.